The van der Waals surface area contributed by atoms with Crippen LogP contribution in [0.1, 0.15) is 28.8 Å². The number of rotatable bonds is 5. The molecule has 0 aromatic heterocycles. The number of halogens is 2. The maximum atomic E-state index is 14.5. The molecule has 4 rings (SSSR count). The van der Waals surface area contributed by atoms with Crippen LogP contribution < -0.4 is 11.1 Å². The van der Waals surface area contributed by atoms with Crippen molar-refractivity contribution >= 4 is 5.91 Å². The van der Waals surface area contributed by atoms with Crippen LogP contribution in [0.25, 0.3) is 0 Å². The van der Waals surface area contributed by atoms with Crippen molar-refractivity contribution in [3.8, 4) is 0 Å². The van der Waals surface area contributed by atoms with Gasteiger partial charge in [-0.25, -0.2) is 8.78 Å². The van der Waals surface area contributed by atoms with Gasteiger partial charge in [0.2, 0.25) is 5.91 Å². The summed E-state index contributed by atoms with van der Waals surface area (Å²) in [6.45, 7) is 1.00. The van der Waals surface area contributed by atoms with Crippen molar-refractivity contribution in [1.29, 1.82) is 0 Å². The monoisotopic (exact) mass is 387 g/mol. The Hall–Kier alpha value is -2.35. The molecule has 2 aromatic rings. The molecule has 3 N–H and O–H groups in total. The van der Waals surface area contributed by atoms with Gasteiger partial charge in [0.25, 0.3) is 0 Å². The summed E-state index contributed by atoms with van der Waals surface area (Å²) < 4.78 is 33.1. The van der Waals surface area contributed by atoms with Gasteiger partial charge in [-0.1, -0.05) is 30.3 Å². The number of benzene rings is 2. The van der Waals surface area contributed by atoms with Crippen LogP contribution in [-0.4, -0.2) is 43.2 Å². The third-order valence-corrected chi connectivity index (χ3v) is 5.70. The number of amides is 1. The Bertz CT molecular complexity index is 886. The van der Waals surface area contributed by atoms with E-state index in [-0.39, 0.29) is 29.7 Å². The summed E-state index contributed by atoms with van der Waals surface area (Å²) in [7, 11) is 1.60. The van der Waals surface area contributed by atoms with Gasteiger partial charge in [-0.3, -0.25) is 9.69 Å². The van der Waals surface area contributed by atoms with Crippen LogP contribution in [0, 0.1) is 11.6 Å². The van der Waals surface area contributed by atoms with Crippen molar-refractivity contribution in [3.63, 3.8) is 0 Å². The number of nitrogens with one attached hydrogen (secondary N) is 1. The number of ether oxygens (including phenoxy) is 1. The van der Waals surface area contributed by atoms with E-state index < -0.39 is 17.7 Å². The van der Waals surface area contributed by atoms with Crippen molar-refractivity contribution in [1.82, 2.24) is 10.2 Å². The van der Waals surface area contributed by atoms with E-state index in [1.807, 2.05) is 29.2 Å². The van der Waals surface area contributed by atoms with Gasteiger partial charge in [-0.15, -0.1) is 0 Å². The molecule has 0 saturated carbocycles. The number of nitrogens with two attached hydrogens (primary N) is 1. The van der Waals surface area contributed by atoms with Crippen LogP contribution in [0.15, 0.2) is 42.5 Å². The summed E-state index contributed by atoms with van der Waals surface area (Å²) in [6, 6.07) is 9.68. The molecule has 148 valence electrons. The standard InChI is InChI=1S/C21H23F2N3O2/c1-28-14-10-26(11-14)20(16-7-6-13(22)9-17(16)23)21(27)25-18-8-12-4-2-3-5-15(12)19(18)24/h2-7,9,14,18-20H,8,10-11,24H2,1H3,(H,25,27)/t18-,19-,20?/m0/s1. The summed E-state index contributed by atoms with van der Waals surface area (Å²) in [5.41, 5.74) is 8.59. The minimum Gasteiger partial charge on any atom is -0.379 e. The topological polar surface area (TPSA) is 67.6 Å². The fourth-order valence-electron chi connectivity index (χ4n) is 4.08. The molecule has 1 unspecified atom stereocenters. The van der Waals surface area contributed by atoms with Gasteiger partial charge in [-0.05, 0) is 23.6 Å². The minimum absolute atomic E-state index is 0.00296. The molecule has 2 aromatic carbocycles. The van der Waals surface area contributed by atoms with Gasteiger partial charge < -0.3 is 15.8 Å². The van der Waals surface area contributed by atoms with Crippen molar-refractivity contribution in [2.45, 2.75) is 30.7 Å². The molecule has 0 spiro atoms. The van der Waals surface area contributed by atoms with E-state index in [9.17, 15) is 13.6 Å². The molecule has 1 aliphatic heterocycles. The second-order valence-corrected chi connectivity index (χ2v) is 7.42. The summed E-state index contributed by atoms with van der Waals surface area (Å²) in [4.78, 5) is 15.0. The molecule has 3 atom stereocenters. The Labute approximate surface area is 162 Å². The van der Waals surface area contributed by atoms with E-state index >= 15 is 0 Å². The average molecular weight is 387 g/mol. The molecule has 0 radical (unpaired) electrons. The zero-order chi connectivity index (χ0) is 19.8. The van der Waals surface area contributed by atoms with Gasteiger partial charge in [0.05, 0.1) is 18.2 Å². The molecule has 5 nitrogen and oxygen atoms in total. The molecule has 1 aliphatic carbocycles. The molecule has 1 heterocycles. The molecule has 2 aliphatic rings. The maximum absolute atomic E-state index is 14.5. The van der Waals surface area contributed by atoms with Crippen LogP contribution in [0.4, 0.5) is 8.78 Å². The number of methoxy groups -OCH3 is 1. The van der Waals surface area contributed by atoms with Gasteiger partial charge in [-0.2, -0.15) is 0 Å². The molecular formula is C21H23F2N3O2. The van der Waals surface area contributed by atoms with Gasteiger partial charge in [0.15, 0.2) is 0 Å². The highest BCUT2D eigenvalue weighted by Crippen LogP contribution is 2.32. The smallest absolute Gasteiger partial charge is 0.242 e. The Kier molecular flexibility index (Phi) is 5.14. The van der Waals surface area contributed by atoms with Crippen LogP contribution >= 0.6 is 0 Å². The van der Waals surface area contributed by atoms with Crippen LogP contribution in [0.2, 0.25) is 0 Å². The molecule has 28 heavy (non-hydrogen) atoms. The highest BCUT2D eigenvalue weighted by molar-refractivity contribution is 5.84. The van der Waals surface area contributed by atoms with E-state index in [1.165, 1.54) is 12.1 Å². The molecule has 1 saturated heterocycles. The molecule has 0 bridgehead atoms. The molecule has 7 heteroatoms. The second-order valence-electron chi connectivity index (χ2n) is 7.42. The molecular weight excluding hydrogens is 364 g/mol. The number of carbonyl (C=O) groups is 1. The van der Waals surface area contributed by atoms with Crippen molar-refractivity contribution < 1.29 is 18.3 Å². The number of hydrogen-bond acceptors (Lipinski definition) is 4. The lowest BCUT2D eigenvalue weighted by molar-refractivity contribution is -0.134. The number of carbonyl (C=O) groups excluding carboxylic acids is 1. The first-order chi connectivity index (χ1) is 13.5. The highest BCUT2D eigenvalue weighted by atomic mass is 19.1. The SMILES string of the molecule is COC1CN(C(C(=O)N[C@H]2Cc3ccccc3[C@@H]2N)c2ccc(F)cc2F)C1. The van der Waals surface area contributed by atoms with E-state index in [2.05, 4.69) is 5.32 Å². The lowest BCUT2D eigenvalue weighted by Crippen LogP contribution is -2.57. The first-order valence-electron chi connectivity index (χ1n) is 9.33. The van der Waals surface area contributed by atoms with Crippen LogP contribution in [-0.2, 0) is 16.0 Å². The zero-order valence-electron chi connectivity index (χ0n) is 15.6. The maximum Gasteiger partial charge on any atom is 0.242 e. The van der Waals surface area contributed by atoms with E-state index in [0.29, 0.717) is 19.5 Å². The third kappa shape index (κ3) is 3.41. The fourth-order valence-corrected chi connectivity index (χ4v) is 4.08. The summed E-state index contributed by atoms with van der Waals surface area (Å²) >= 11 is 0. The quantitative estimate of drug-likeness (QED) is 0.824. The Balaban J connectivity index is 1.56. The fraction of sp³-hybridized carbons (Fsp3) is 0.381. The largest absolute Gasteiger partial charge is 0.379 e. The molecule has 1 fully saturated rings. The second kappa shape index (κ2) is 7.58. The van der Waals surface area contributed by atoms with E-state index in [4.69, 9.17) is 10.5 Å². The Morgan fingerprint density at radius 2 is 2.00 bits per heavy atom. The van der Waals surface area contributed by atoms with Crippen LogP contribution in [0.3, 0.4) is 0 Å². The lowest BCUT2D eigenvalue weighted by atomic mass is 9.98. The van der Waals surface area contributed by atoms with Crippen molar-refractivity contribution in [3.05, 3.63) is 70.8 Å². The first kappa shape index (κ1) is 19.0. The number of fused-ring (bicyclic) bond motifs is 1. The van der Waals surface area contributed by atoms with Crippen molar-refractivity contribution in [2.24, 2.45) is 5.73 Å². The predicted molar refractivity (Wildman–Crippen MR) is 100 cm³/mol. The summed E-state index contributed by atoms with van der Waals surface area (Å²) in [5, 5.41) is 2.99. The Morgan fingerprint density at radius 3 is 2.68 bits per heavy atom. The first-order valence-corrected chi connectivity index (χ1v) is 9.33. The number of likely N-dealkylation sites (tertiary alicyclic amines) is 1. The number of hydrogen-bond donors (Lipinski definition) is 2. The van der Waals surface area contributed by atoms with Gasteiger partial charge >= 0.3 is 0 Å². The van der Waals surface area contributed by atoms with E-state index in [1.54, 1.807) is 7.11 Å². The normalized spacial score (nSPS) is 23.1. The zero-order valence-corrected chi connectivity index (χ0v) is 15.6. The number of nitrogens with zero attached hydrogens (tertiary/aromatic N) is 1. The van der Waals surface area contributed by atoms with Crippen LogP contribution in [0.5, 0.6) is 0 Å². The molecule has 1 amide bonds. The predicted octanol–water partition coefficient (Wildman–Crippen LogP) is 2.08. The average Bonchev–Trinajstić information content (AvgIpc) is 2.94. The van der Waals surface area contributed by atoms with Gasteiger partial charge in [0.1, 0.15) is 17.7 Å². The third-order valence-electron chi connectivity index (χ3n) is 5.70. The summed E-state index contributed by atoms with van der Waals surface area (Å²) in [5.74, 6) is -1.75. The lowest BCUT2D eigenvalue weighted by Gasteiger charge is -2.43. The van der Waals surface area contributed by atoms with Gasteiger partial charge in [0, 0.05) is 31.8 Å². The van der Waals surface area contributed by atoms with E-state index in [0.717, 1.165) is 17.2 Å². The summed E-state index contributed by atoms with van der Waals surface area (Å²) in [6.07, 6.45) is 0.624. The van der Waals surface area contributed by atoms with Crippen molar-refractivity contribution in [2.75, 3.05) is 20.2 Å². The highest BCUT2D eigenvalue weighted by Gasteiger charge is 2.40. The Morgan fingerprint density at radius 1 is 1.25 bits per heavy atom. The minimum atomic E-state index is -0.858.